The molecule has 0 spiro atoms. The predicted octanol–water partition coefficient (Wildman–Crippen LogP) is 3.92. The lowest BCUT2D eigenvalue weighted by molar-refractivity contribution is 0.0637. The van der Waals surface area contributed by atoms with Gasteiger partial charge in [0.05, 0.1) is 0 Å². The van der Waals surface area contributed by atoms with Crippen LogP contribution in [0.25, 0.3) is 0 Å². The van der Waals surface area contributed by atoms with Gasteiger partial charge in [-0.1, -0.05) is 44.2 Å². The van der Waals surface area contributed by atoms with Gasteiger partial charge in [0.2, 0.25) is 0 Å². The van der Waals surface area contributed by atoms with Gasteiger partial charge in [-0.15, -0.1) is 0 Å². The minimum atomic E-state index is -0.478. The van der Waals surface area contributed by atoms with Gasteiger partial charge in [-0.05, 0) is 53.6 Å². The number of benzene rings is 2. The fourth-order valence-corrected chi connectivity index (χ4v) is 3.45. The summed E-state index contributed by atoms with van der Waals surface area (Å²) in [6.45, 7) is 9.34. The molecule has 0 aliphatic carbocycles. The Balaban J connectivity index is 1.53. The highest BCUT2D eigenvalue weighted by Crippen LogP contribution is 2.23. The largest absolute Gasteiger partial charge is 0.491 e. The fraction of sp³-hybridized carbons (Fsp3) is 0.455. The van der Waals surface area contributed by atoms with Gasteiger partial charge < -0.3 is 9.84 Å². The van der Waals surface area contributed by atoms with Crippen molar-refractivity contribution in [1.29, 1.82) is 0 Å². The topological polar surface area (TPSA) is 32.7 Å². The molecule has 1 N–H and O–H groups in total. The lowest BCUT2D eigenvalue weighted by Crippen LogP contribution is -2.38. The Labute approximate surface area is 151 Å². The number of hydrogen-bond acceptors (Lipinski definition) is 3. The number of aliphatic hydroxyl groups excluding tert-OH is 1. The van der Waals surface area contributed by atoms with Crippen LogP contribution in [0.15, 0.2) is 42.5 Å². The van der Waals surface area contributed by atoms with Crippen molar-refractivity contribution in [3.8, 4) is 5.75 Å². The van der Waals surface area contributed by atoms with E-state index in [9.17, 15) is 5.11 Å². The van der Waals surface area contributed by atoms with E-state index in [1.807, 2.05) is 6.07 Å². The summed E-state index contributed by atoms with van der Waals surface area (Å²) < 4.78 is 5.87. The van der Waals surface area contributed by atoms with E-state index < -0.39 is 6.10 Å². The molecule has 2 aromatic carbocycles. The Morgan fingerprint density at radius 1 is 1.12 bits per heavy atom. The Bertz CT molecular complexity index is 711. The summed E-state index contributed by atoms with van der Waals surface area (Å²) >= 11 is 0. The van der Waals surface area contributed by atoms with Crippen LogP contribution in [0.3, 0.4) is 0 Å². The number of hydrogen-bond donors (Lipinski definition) is 1. The van der Waals surface area contributed by atoms with Gasteiger partial charge in [-0.2, -0.15) is 0 Å². The van der Waals surface area contributed by atoms with Crippen molar-refractivity contribution in [1.82, 2.24) is 4.90 Å². The molecular weight excluding hydrogens is 310 g/mol. The molecule has 0 saturated heterocycles. The first-order valence-corrected chi connectivity index (χ1v) is 9.23. The monoisotopic (exact) mass is 339 g/mol. The molecule has 1 heterocycles. The number of rotatable bonds is 6. The number of nitrogens with zero attached hydrogens (tertiary/aromatic N) is 1. The van der Waals surface area contributed by atoms with Crippen LogP contribution in [-0.2, 0) is 13.0 Å². The third-order valence-corrected chi connectivity index (χ3v) is 4.86. The molecule has 0 bridgehead atoms. The van der Waals surface area contributed by atoms with E-state index in [2.05, 4.69) is 62.1 Å². The van der Waals surface area contributed by atoms with Gasteiger partial charge in [0, 0.05) is 19.6 Å². The average Bonchev–Trinajstić information content (AvgIpc) is 2.59. The van der Waals surface area contributed by atoms with Crippen LogP contribution >= 0.6 is 0 Å². The summed E-state index contributed by atoms with van der Waals surface area (Å²) in [7, 11) is 0. The van der Waals surface area contributed by atoms with Gasteiger partial charge in [-0.3, -0.25) is 4.90 Å². The average molecular weight is 339 g/mol. The fourth-order valence-electron chi connectivity index (χ4n) is 3.45. The number of aliphatic hydroxyl groups is 1. The number of ether oxygens (including phenoxy) is 1. The standard InChI is InChI=1S/C22H29NO2/c1-16(2)20-10-17(3)11-22(12-20)25-15-21(24)14-23-9-8-18-6-4-5-7-19(18)13-23/h4-7,10-12,16,21,24H,8-9,13-15H2,1-3H3/t21-/m1/s1. The molecule has 134 valence electrons. The van der Waals surface area contributed by atoms with Crippen LogP contribution in [0, 0.1) is 6.92 Å². The third-order valence-electron chi connectivity index (χ3n) is 4.86. The lowest BCUT2D eigenvalue weighted by atomic mass is 10.00. The SMILES string of the molecule is Cc1cc(OC[C@H](O)CN2CCc3ccccc3C2)cc(C(C)C)c1. The summed E-state index contributed by atoms with van der Waals surface area (Å²) in [5.74, 6) is 1.33. The quantitative estimate of drug-likeness (QED) is 0.866. The molecular formula is C22H29NO2. The lowest BCUT2D eigenvalue weighted by Gasteiger charge is -2.30. The van der Waals surface area contributed by atoms with Gasteiger partial charge in [0.1, 0.15) is 18.5 Å². The number of fused-ring (bicyclic) bond motifs is 1. The molecule has 25 heavy (non-hydrogen) atoms. The molecule has 0 radical (unpaired) electrons. The van der Waals surface area contributed by atoms with E-state index in [1.165, 1.54) is 22.3 Å². The van der Waals surface area contributed by atoms with Crippen molar-refractivity contribution in [2.24, 2.45) is 0 Å². The molecule has 2 aromatic rings. The molecule has 1 aliphatic rings. The molecule has 1 atom stereocenters. The molecule has 0 saturated carbocycles. The van der Waals surface area contributed by atoms with E-state index in [0.717, 1.165) is 25.3 Å². The van der Waals surface area contributed by atoms with E-state index in [1.54, 1.807) is 0 Å². The second-order valence-electron chi connectivity index (χ2n) is 7.45. The molecule has 0 aromatic heterocycles. The highest BCUT2D eigenvalue weighted by Gasteiger charge is 2.18. The zero-order chi connectivity index (χ0) is 17.8. The van der Waals surface area contributed by atoms with Crippen LogP contribution in [-0.4, -0.2) is 35.8 Å². The van der Waals surface area contributed by atoms with Crippen molar-refractivity contribution in [2.45, 2.75) is 45.8 Å². The highest BCUT2D eigenvalue weighted by molar-refractivity contribution is 5.35. The summed E-state index contributed by atoms with van der Waals surface area (Å²) in [5.41, 5.74) is 5.29. The van der Waals surface area contributed by atoms with Crippen molar-refractivity contribution in [3.05, 3.63) is 64.7 Å². The first-order valence-electron chi connectivity index (χ1n) is 9.23. The Kier molecular flexibility index (Phi) is 5.77. The van der Waals surface area contributed by atoms with Gasteiger partial charge in [0.25, 0.3) is 0 Å². The van der Waals surface area contributed by atoms with Crippen LogP contribution in [0.1, 0.15) is 42.0 Å². The van der Waals surface area contributed by atoms with Gasteiger partial charge in [-0.25, -0.2) is 0 Å². The maximum atomic E-state index is 10.4. The maximum absolute atomic E-state index is 10.4. The first-order chi connectivity index (χ1) is 12.0. The summed E-state index contributed by atoms with van der Waals surface area (Å²) in [6, 6.07) is 14.9. The Morgan fingerprint density at radius 2 is 1.88 bits per heavy atom. The summed E-state index contributed by atoms with van der Waals surface area (Å²) in [5, 5.41) is 10.4. The molecule has 1 aliphatic heterocycles. The van der Waals surface area contributed by atoms with Gasteiger partial charge in [0.15, 0.2) is 0 Å². The molecule has 0 fully saturated rings. The zero-order valence-corrected chi connectivity index (χ0v) is 15.5. The second-order valence-corrected chi connectivity index (χ2v) is 7.45. The minimum absolute atomic E-state index is 0.332. The molecule has 0 unspecified atom stereocenters. The highest BCUT2D eigenvalue weighted by atomic mass is 16.5. The smallest absolute Gasteiger partial charge is 0.119 e. The van der Waals surface area contributed by atoms with E-state index in [0.29, 0.717) is 19.1 Å². The summed E-state index contributed by atoms with van der Waals surface area (Å²) in [6.07, 6.45) is 0.576. The summed E-state index contributed by atoms with van der Waals surface area (Å²) in [4.78, 5) is 2.31. The van der Waals surface area contributed by atoms with Crippen LogP contribution in [0.2, 0.25) is 0 Å². The van der Waals surface area contributed by atoms with Crippen molar-refractivity contribution in [2.75, 3.05) is 19.7 Å². The molecule has 0 amide bonds. The van der Waals surface area contributed by atoms with E-state index in [4.69, 9.17) is 4.74 Å². The Hall–Kier alpha value is -1.84. The zero-order valence-electron chi connectivity index (χ0n) is 15.5. The van der Waals surface area contributed by atoms with Crippen LogP contribution in [0.4, 0.5) is 0 Å². The van der Waals surface area contributed by atoms with Crippen LogP contribution < -0.4 is 4.74 Å². The maximum Gasteiger partial charge on any atom is 0.119 e. The molecule has 3 heteroatoms. The van der Waals surface area contributed by atoms with E-state index in [-0.39, 0.29) is 0 Å². The van der Waals surface area contributed by atoms with Crippen LogP contribution in [0.5, 0.6) is 5.75 Å². The minimum Gasteiger partial charge on any atom is -0.491 e. The second kappa shape index (κ2) is 8.03. The molecule has 3 rings (SSSR count). The number of aryl methyl sites for hydroxylation is 1. The number of β-amino-alcohol motifs (C(OH)–C–C–N with tert-alkyl or cyclic N) is 1. The van der Waals surface area contributed by atoms with E-state index >= 15 is 0 Å². The van der Waals surface area contributed by atoms with Crippen molar-refractivity contribution >= 4 is 0 Å². The third kappa shape index (κ3) is 4.83. The normalized spacial score (nSPS) is 15.9. The Morgan fingerprint density at radius 3 is 2.64 bits per heavy atom. The molecule has 3 nitrogen and oxygen atoms in total. The predicted molar refractivity (Wildman–Crippen MR) is 102 cm³/mol. The first kappa shape index (κ1) is 18.0. The van der Waals surface area contributed by atoms with Crippen molar-refractivity contribution < 1.29 is 9.84 Å². The van der Waals surface area contributed by atoms with Gasteiger partial charge >= 0.3 is 0 Å². The van der Waals surface area contributed by atoms with Crippen molar-refractivity contribution in [3.63, 3.8) is 0 Å².